The second-order valence-corrected chi connectivity index (χ2v) is 10.7. The molecule has 1 saturated heterocycles. The van der Waals surface area contributed by atoms with E-state index in [-0.39, 0.29) is 30.4 Å². The molecule has 1 aromatic carbocycles. The number of nitrogens with one attached hydrogen (secondary N) is 1. The van der Waals surface area contributed by atoms with Gasteiger partial charge in [-0.05, 0) is 0 Å². The van der Waals surface area contributed by atoms with Crippen LogP contribution in [0.4, 0.5) is 0 Å². The molecule has 4 heteroatoms. The number of rotatable bonds is 2. The zero-order valence-electron chi connectivity index (χ0n) is 11.6. The van der Waals surface area contributed by atoms with Crippen molar-refractivity contribution in [2.75, 3.05) is 0 Å². The van der Waals surface area contributed by atoms with Gasteiger partial charge in [0.05, 0.1) is 0 Å². The van der Waals surface area contributed by atoms with Gasteiger partial charge in [0.1, 0.15) is 0 Å². The van der Waals surface area contributed by atoms with Gasteiger partial charge in [-0.2, -0.15) is 0 Å². The van der Waals surface area contributed by atoms with E-state index in [1.54, 1.807) is 15.0 Å². The van der Waals surface area contributed by atoms with E-state index in [1.165, 1.54) is 11.3 Å². The van der Waals surface area contributed by atoms with Gasteiger partial charge >= 0.3 is 110 Å². The Balaban J connectivity index is 0.000000902. The van der Waals surface area contributed by atoms with Gasteiger partial charge in [0.15, 0.2) is 0 Å². The van der Waals surface area contributed by atoms with Crippen LogP contribution < -0.4 is 30.1 Å². The molecule has 0 bridgehead atoms. The van der Waals surface area contributed by atoms with E-state index in [4.69, 9.17) is 0 Å². The van der Waals surface area contributed by atoms with Crippen LogP contribution in [0.3, 0.4) is 0 Å². The van der Waals surface area contributed by atoms with E-state index < -0.39 is 17.9 Å². The summed E-state index contributed by atoms with van der Waals surface area (Å²) in [5, 5.41) is 3.74. The summed E-state index contributed by atoms with van der Waals surface area (Å²) in [4.78, 5) is 0. The molecule has 1 N–H and O–H groups in total. The minimum atomic E-state index is -0.761. The minimum Gasteiger partial charge on any atom is -1.00 e. The van der Waals surface area contributed by atoms with Gasteiger partial charge in [-0.25, -0.2) is 0 Å². The second kappa shape index (κ2) is 6.22. The molecule has 1 aliphatic heterocycles. The Morgan fingerprint density at radius 3 is 2.32 bits per heavy atom. The molecule has 1 nitrogen and oxygen atoms in total. The number of allylic oxidation sites excluding steroid dienone is 1. The third-order valence-corrected chi connectivity index (χ3v) is 7.32. The Morgan fingerprint density at radius 1 is 1.11 bits per heavy atom. The molecule has 0 spiro atoms. The van der Waals surface area contributed by atoms with Crippen molar-refractivity contribution in [1.29, 1.82) is 0 Å². The van der Waals surface area contributed by atoms with Crippen LogP contribution in [0.25, 0.3) is 6.08 Å². The van der Waals surface area contributed by atoms with Crippen molar-refractivity contribution in [3.05, 3.63) is 41.1 Å². The molecule has 0 radical (unpaired) electrons. The standard InChI is InChI=1S/C13H16N.C2H4.2ClH.Ti/c1-13(2,3)14-12-8-10-6-4-5-7-11(10)9-12;1-2;;;/h4-9,14H,1-3H3;1-2H2;2*1H;/q;;;;+2/p-2. The predicted molar refractivity (Wildman–Crippen MR) is 69.7 cm³/mol. The second-order valence-electron chi connectivity index (χ2n) is 6.19. The molecule has 0 saturated carbocycles. The number of halogens is 2. The molecule has 0 amide bonds. The van der Waals surface area contributed by atoms with E-state index in [1.807, 2.05) is 0 Å². The first kappa shape index (κ1) is 17.1. The molecule has 1 fully saturated rings. The van der Waals surface area contributed by atoms with Crippen LogP contribution in [-0.4, -0.2) is 5.54 Å². The molecular weight excluding hydrogens is 313 g/mol. The summed E-state index contributed by atoms with van der Waals surface area (Å²) in [5.41, 5.74) is 4.74. The van der Waals surface area contributed by atoms with Crippen LogP contribution in [0, 0.1) is 0 Å². The van der Waals surface area contributed by atoms with Crippen molar-refractivity contribution in [2.45, 2.75) is 40.0 Å². The molecule has 19 heavy (non-hydrogen) atoms. The molecule has 1 atom stereocenters. The molecule has 103 valence electrons. The summed E-state index contributed by atoms with van der Waals surface area (Å²) in [7, 11) is 0. The summed E-state index contributed by atoms with van der Waals surface area (Å²) >= 11 is -0.761. The molecule has 3 rings (SSSR count). The van der Waals surface area contributed by atoms with Crippen molar-refractivity contribution >= 4 is 6.08 Å². The van der Waals surface area contributed by atoms with Crippen LogP contribution in [0.1, 0.15) is 36.1 Å². The van der Waals surface area contributed by atoms with E-state index in [0.717, 1.165) is 4.22 Å². The quantitative estimate of drug-likeness (QED) is 0.615. The van der Waals surface area contributed by atoms with Crippen molar-refractivity contribution in [3.8, 4) is 0 Å². The zero-order chi connectivity index (χ0) is 12.0. The summed E-state index contributed by atoms with van der Waals surface area (Å²) in [6, 6.07) is 8.96. The van der Waals surface area contributed by atoms with Gasteiger partial charge in [0.25, 0.3) is 0 Å². The molecule has 1 aromatic rings. The average Bonchev–Trinajstić information content (AvgIpc) is 2.98. The van der Waals surface area contributed by atoms with Gasteiger partial charge in [-0.1, -0.05) is 0 Å². The Bertz CT molecular complexity index is 475. The van der Waals surface area contributed by atoms with E-state index >= 15 is 0 Å². The van der Waals surface area contributed by atoms with E-state index in [0.29, 0.717) is 0 Å². The Labute approximate surface area is 134 Å². The minimum absolute atomic E-state index is 0. The molecule has 1 aliphatic carbocycles. The smallest absolute Gasteiger partial charge is 1.00 e. The first-order valence-corrected chi connectivity index (χ1v) is 9.59. The maximum absolute atomic E-state index is 3.74. The summed E-state index contributed by atoms with van der Waals surface area (Å²) in [6.07, 6.45) is 2.39. The first-order chi connectivity index (χ1) is 8.04. The fourth-order valence-corrected chi connectivity index (χ4v) is 6.75. The predicted octanol–water partition coefficient (Wildman–Crippen LogP) is -2.05. The topological polar surface area (TPSA) is 12.0 Å². The van der Waals surface area contributed by atoms with Crippen molar-refractivity contribution < 1.29 is 42.7 Å². The summed E-state index contributed by atoms with van der Waals surface area (Å²) < 4.78 is 3.91. The molecule has 2 aliphatic rings. The van der Waals surface area contributed by atoms with Crippen molar-refractivity contribution in [1.82, 2.24) is 5.32 Å². The van der Waals surface area contributed by atoms with E-state index in [9.17, 15) is 0 Å². The Morgan fingerprint density at radius 2 is 1.74 bits per heavy atom. The number of benzene rings is 1. The summed E-state index contributed by atoms with van der Waals surface area (Å²) in [5.74, 6) is 0. The number of hydrogen-bond acceptors (Lipinski definition) is 1. The maximum Gasteiger partial charge on any atom is -1.00 e. The van der Waals surface area contributed by atoms with Crippen molar-refractivity contribution in [3.63, 3.8) is 0 Å². The molecule has 0 aromatic heterocycles. The Hall–Kier alpha value is 0.0543. The van der Waals surface area contributed by atoms with Gasteiger partial charge in [-0.15, -0.1) is 0 Å². The largest absolute Gasteiger partial charge is 1.00 e. The molecular formula is C15H20Cl2NTi. The van der Waals surface area contributed by atoms with Crippen LogP contribution in [-0.2, 0) is 17.9 Å². The van der Waals surface area contributed by atoms with Gasteiger partial charge in [0, 0.05) is 0 Å². The maximum atomic E-state index is 3.74. The number of fused-ring (bicyclic) bond motifs is 1. The van der Waals surface area contributed by atoms with Gasteiger partial charge in [0.2, 0.25) is 0 Å². The van der Waals surface area contributed by atoms with Crippen molar-refractivity contribution in [2.24, 2.45) is 0 Å². The zero-order valence-corrected chi connectivity index (χ0v) is 14.7. The van der Waals surface area contributed by atoms with Crippen LogP contribution in [0.2, 0.25) is 9.45 Å². The molecule has 1 heterocycles. The van der Waals surface area contributed by atoms with Gasteiger partial charge in [-0.3, -0.25) is 0 Å². The number of hydrogen-bond donors (Lipinski definition) is 1. The van der Waals surface area contributed by atoms with Gasteiger partial charge < -0.3 is 24.8 Å². The monoisotopic (exact) mass is 332 g/mol. The van der Waals surface area contributed by atoms with Crippen LogP contribution in [0.15, 0.2) is 30.0 Å². The average molecular weight is 333 g/mol. The first-order valence-electron chi connectivity index (χ1n) is 6.48. The Kier molecular flexibility index (Phi) is 5.60. The third kappa shape index (κ3) is 3.79. The fraction of sp³-hybridized carbons (Fsp3) is 0.467. The fourth-order valence-electron chi connectivity index (χ4n) is 2.67. The van der Waals surface area contributed by atoms with Crippen LogP contribution in [0.5, 0.6) is 0 Å². The SMILES string of the molecule is CC(C)(C)NC1=Cc2ccccc2[CH]1[Ti+2]1[CH2][CH2]1.[Cl-].[Cl-]. The molecule has 1 unspecified atom stereocenters. The van der Waals surface area contributed by atoms with Crippen LogP contribution >= 0.6 is 0 Å². The van der Waals surface area contributed by atoms with E-state index in [2.05, 4.69) is 56.4 Å². The third-order valence-electron chi connectivity index (χ3n) is 3.40. The normalized spacial score (nSPS) is 19.8. The summed E-state index contributed by atoms with van der Waals surface area (Å²) in [6.45, 7) is 6.77.